The monoisotopic (exact) mass is 248 g/mol. The van der Waals surface area contributed by atoms with E-state index in [1.165, 1.54) is 24.3 Å². The lowest BCUT2D eigenvalue weighted by Crippen LogP contribution is -2.01. The van der Waals surface area contributed by atoms with E-state index in [0.717, 1.165) is 11.1 Å². The summed E-state index contributed by atoms with van der Waals surface area (Å²) < 4.78 is 25.8. The van der Waals surface area contributed by atoms with Gasteiger partial charge in [-0.25, -0.2) is 8.78 Å². The van der Waals surface area contributed by atoms with Crippen molar-refractivity contribution in [2.45, 2.75) is 12.8 Å². The van der Waals surface area contributed by atoms with E-state index in [9.17, 15) is 8.78 Å². The van der Waals surface area contributed by atoms with Crippen molar-refractivity contribution in [2.24, 2.45) is 0 Å². The minimum atomic E-state index is -0.349. The summed E-state index contributed by atoms with van der Waals surface area (Å²) >= 11 is 0. The molecule has 2 aromatic carbocycles. The van der Waals surface area contributed by atoms with Crippen molar-refractivity contribution >= 4 is 11.4 Å². The molecule has 0 amide bonds. The summed E-state index contributed by atoms with van der Waals surface area (Å²) in [5, 5.41) is 0. The molecule has 0 atom stereocenters. The third kappa shape index (κ3) is 2.77. The number of benzene rings is 2. The predicted octanol–water partition coefficient (Wildman–Crippen LogP) is 2.91. The molecule has 0 aliphatic rings. The number of nitrogen functional groups attached to an aromatic ring is 2. The van der Waals surface area contributed by atoms with Gasteiger partial charge in [0.25, 0.3) is 0 Å². The Labute approximate surface area is 104 Å². The van der Waals surface area contributed by atoms with Crippen LogP contribution in [0.15, 0.2) is 36.4 Å². The Hall–Kier alpha value is -2.10. The van der Waals surface area contributed by atoms with Crippen LogP contribution in [-0.4, -0.2) is 0 Å². The normalized spacial score (nSPS) is 10.6. The van der Waals surface area contributed by atoms with E-state index < -0.39 is 0 Å². The molecular weight excluding hydrogens is 234 g/mol. The molecule has 4 N–H and O–H groups in total. The second kappa shape index (κ2) is 5.04. The number of anilines is 2. The molecule has 0 bridgehead atoms. The van der Waals surface area contributed by atoms with E-state index in [0.29, 0.717) is 24.2 Å². The van der Waals surface area contributed by atoms with Crippen LogP contribution in [0.3, 0.4) is 0 Å². The molecule has 0 aliphatic heterocycles. The third-order valence-electron chi connectivity index (χ3n) is 2.88. The van der Waals surface area contributed by atoms with Crippen LogP contribution < -0.4 is 11.5 Å². The van der Waals surface area contributed by atoms with Crippen LogP contribution in [0.1, 0.15) is 11.1 Å². The first-order valence-corrected chi connectivity index (χ1v) is 5.64. The van der Waals surface area contributed by atoms with Crippen LogP contribution in [0.5, 0.6) is 0 Å². The Morgan fingerprint density at radius 2 is 1.11 bits per heavy atom. The summed E-state index contributed by atoms with van der Waals surface area (Å²) in [7, 11) is 0. The standard InChI is InChI=1S/C14H14F2N2/c15-11-5-3-9(13(17)7-11)1-2-10-4-6-12(16)8-14(10)18/h3-8H,1-2,17-18H2. The second-order valence-electron chi connectivity index (χ2n) is 4.19. The van der Waals surface area contributed by atoms with Gasteiger partial charge in [0, 0.05) is 11.4 Å². The van der Waals surface area contributed by atoms with Gasteiger partial charge in [-0.15, -0.1) is 0 Å². The van der Waals surface area contributed by atoms with Crippen LogP contribution >= 0.6 is 0 Å². The van der Waals surface area contributed by atoms with E-state index in [1.54, 1.807) is 12.1 Å². The number of hydrogen-bond donors (Lipinski definition) is 2. The minimum absolute atomic E-state index is 0.349. The zero-order valence-electron chi connectivity index (χ0n) is 9.79. The average Bonchev–Trinajstić information content (AvgIpc) is 2.30. The SMILES string of the molecule is Nc1cc(F)ccc1CCc1ccc(F)cc1N. The van der Waals surface area contributed by atoms with E-state index >= 15 is 0 Å². The third-order valence-corrected chi connectivity index (χ3v) is 2.88. The van der Waals surface area contributed by atoms with Gasteiger partial charge in [-0.1, -0.05) is 12.1 Å². The molecule has 2 aromatic rings. The van der Waals surface area contributed by atoms with Crippen LogP contribution in [-0.2, 0) is 12.8 Å². The molecule has 0 unspecified atom stereocenters. The Morgan fingerprint density at radius 3 is 1.44 bits per heavy atom. The van der Waals surface area contributed by atoms with Gasteiger partial charge in [0.2, 0.25) is 0 Å². The number of aryl methyl sites for hydroxylation is 2. The van der Waals surface area contributed by atoms with Crippen LogP contribution in [0.25, 0.3) is 0 Å². The summed E-state index contributed by atoms with van der Waals surface area (Å²) in [4.78, 5) is 0. The first-order chi connectivity index (χ1) is 8.56. The molecule has 94 valence electrons. The summed E-state index contributed by atoms with van der Waals surface area (Å²) in [6.07, 6.45) is 1.28. The van der Waals surface area contributed by atoms with E-state index in [2.05, 4.69) is 0 Å². The number of nitrogens with two attached hydrogens (primary N) is 2. The van der Waals surface area contributed by atoms with Crippen molar-refractivity contribution in [1.82, 2.24) is 0 Å². The highest BCUT2D eigenvalue weighted by atomic mass is 19.1. The van der Waals surface area contributed by atoms with Crippen LogP contribution in [0, 0.1) is 11.6 Å². The molecular formula is C14H14F2N2. The highest BCUT2D eigenvalue weighted by Crippen LogP contribution is 2.19. The number of halogens is 2. The molecule has 0 saturated heterocycles. The molecule has 0 aromatic heterocycles. The first kappa shape index (κ1) is 12.4. The quantitative estimate of drug-likeness (QED) is 0.820. The van der Waals surface area contributed by atoms with Gasteiger partial charge in [0.05, 0.1) is 0 Å². The van der Waals surface area contributed by atoms with Crippen LogP contribution in [0.2, 0.25) is 0 Å². The van der Waals surface area contributed by atoms with Crippen molar-refractivity contribution in [2.75, 3.05) is 11.5 Å². The van der Waals surface area contributed by atoms with Gasteiger partial charge in [-0.3, -0.25) is 0 Å². The fraction of sp³-hybridized carbons (Fsp3) is 0.143. The molecule has 18 heavy (non-hydrogen) atoms. The van der Waals surface area contributed by atoms with Crippen LogP contribution in [0.4, 0.5) is 20.2 Å². The molecule has 0 spiro atoms. The summed E-state index contributed by atoms with van der Waals surface area (Å²) in [5.41, 5.74) is 14.0. The molecule has 0 fully saturated rings. The van der Waals surface area contributed by atoms with Gasteiger partial charge >= 0.3 is 0 Å². The van der Waals surface area contributed by atoms with E-state index in [4.69, 9.17) is 11.5 Å². The van der Waals surface area contributed by atoms with Gasteiger partial charge in [-0.05, 0) is 48.2 Å². The van der Waals surface area contributed by atoms with Crippen molar-refractivity contribution < 1.29 is 8.78 Å². The molecule has 0 saturated carbocycles. The highest BCUT2D eigenvalue weighted by molar-refractivity contribution is 5.50. The molecule has 0 heterocycles. The molecule has 0 aliphatic carbocycles. The zero-order chi connectivity index (χ0) is 13.1. The zero-order valence-corrected chi connectivity index (χ0v) is 9.79. The number of rotatable bonds is 3. The second-order valence-corrected chi connectivity index (χ2v) is 4.19. The highest BCUT2D eigenvalue weighted by Gasteiger charge is 2.04. The molecule has 2 nitrogen and oxygen atoms in total. The Bertz CT molecular complexity index is 516. The maximum atomic E-state index is 12.9. The average molecular weight is 248 g/mol. The lowest BCUT2D eigenvalue weighted by molar-refractivity contribution is 0.626. The van der Waals surface area contributed by atoms with Gasteiger partial charge < -0.3 is 11.5 Å². The maximum Gasteiger partial charge on any atom is 0.125 e. The van der Waals surface area contributed by atoms with Crippen molar-refractivity contribution in [3.63, 3.8) is 0 Å². The van der Waals surface area contributed by atoms with Crippen molar-refractivity contribution in [3.05, 3.63) is 59.2 Å². The maximum absolute atomic E-state index is 12.9. The molecule has 4 heteroatoms. The number of hydrogen-bond acceptors (Lipinski definition) is 2. The Balaban J connectivity index is 2.11. The van der Waals surface area contributed by atoms with Gasteiger partial charge in [0.1, 0.15) is 11.6 Å². The largest absolute Gasteiger partial charge is 0.398 e. The van der Waals surface area contributed by atoms with E-state index in [-0.39, 0.29) is 11.6 Å². The molecule has 0 radical (unpaired) electrons. The smallest absolute Gasteiger partial charge is 0.125 e. The lowest BCUT2D eigenvalue weighted by atomic mass is 10.0. The van der Waals surface area contributed by atoms with Crippen molar-refractivity contribution in [3.8, 4) is 0 Å². The Morgan fingerprint density at radius 1 is 0.722 bits per heavy atom. The summed E-state index contributed by atoms with van der Waals surface area (Å²) in [5.74, 6) is -0.699. The molecule has 2 rings (SSSR count). The van der Waals surface area contributed by atoms with Gasteiger partial charge in [-0.2, -0.15) is 0 Å². The minimum Gasteiger partial charge on any atom is -0.398 e. The van der Waals surface area contributed by atoms with E-state index in [1.807, 2.05) is 0 Å². The summed E-state index contributed by atoms with van der Waals surface area (Å²) in [6.45, 7) is 0. The van der Waals surface area contributed by atoms with Crippen molar-refractivity contribution in [1.29, 1.82) is 0 Å². The Kier molecular flexibility index (Phi) is 3.46. The topological polar surface area (TPSA) is 52.0 Å². The first-order valence-electron chi connectivity index (χ1n) is 5.64. The lowest BCUT2D eigenvalue weighted by Gasteiger charge is -2.08. The van der Waals surface area contributed by atoms with Gasteiger partial charge in [0.15, 0.2) is 0 Å². The summed E-state index contributed by atoms with van der Waals surface area (Å²) in [6, 6.07) is 8.65. The predicted molar refractivity (Wildman–Crippen MR) is 69.0 cm³/mol. The fourth-order valence-corrected chi connectivity index (χ4v) is 1.86. The fourth-order valence-electron chi connectivity index (χ4n) is 1.86.